The predicted molar refractivity (Wildman–Crippen MR) is 51.9 cm³/mol. The molecule has 1 heterocycles. The summed E-state index contributed by atoms with van der Waals surface area (Å²) in [6.45, 7) is 0.465. The smallest absolute Gasteiger partial charge is 0.232 e. The molecule has 2 N–H and O–H groups in total. The Morgan fingerprint density at radius 1 is 1.69 bits per heavy atom. The number of aliphatic hydroxyl groups is 1. The van der Waals surface area contributed by atoms with Gasteiger partial charge in [-0.2, -0.15) is 4.98 Å². The van der Waals surface area contributed by atoms with Crippen LogP contribution >= 0.6 is 15.9 Å². The molecule has 0 aliphatic carbocycles. The van der Waals surface area contributed by atoms with E-state index in [1.165, 1.54) is 7.11 Å². The number of aliphatic hydroxyl groups excluding tert-OH is 1. The van der Waals surface area contributed by atoms with Crippen LogP contribution in [0, 0.1) is 0 Å². The Morgan fingerprint density at radius 2 is 2.46 bits per heavy atom. The fourth-order valence-electron chi connectivity index (χ4n) is 0.748. The van der Waals surface area contributed by atoms with E-state index in [0.717, 1.165) is 0 Å². The molecule has 0 unspecified atom stereocenters. The Labute approximate surface area is 84.3 Å². The maximum Gasteiger partial charge on any atom is 0.232 e. The fraction of sp³-hybridized carbons (Fsp3) is 0.429. The number of hydrogen-bond acceptors (Lipinski definition) is 5. The zero-order chi connectivity index (χ0) is 9.68. The summed E-state index contributed by atoms with van der Waals surface area (Å²) in [4.78, 5) is 7.99. The van der Waals surface area contributed by atoms with Crippen molar-refractivity contribution in [2.45, 2.75) is 0 Å². The first-order valence-electron chi connectivity index (χ1n) is 3.69. The summed E-state index contributed by atoms with van der Waals surface area (Å²) >= 11 is 3.23. The maximum atomic E-state index is 8.55. The number of ether oxygens (including phenoxy) is 1. The van der Waals surface area contributed by atoms with Crippen LogP contribution in [0.2, 0.25) is 0 Å². The largest absolute Gasteiger partial charge is 0.480 e. The monoisotopic (exact) mass is 247 g/mol. The van der Waals surface area contributed by atoms with E-state index in [1.54, 1.807) is 6.20 Å². The van der Waals surface area contributed by atoms with Gasteiger partial charge in [0.25, 0.3) is 0 Å². The second kappa shape index (κ2) is 4.98. The average molecular weight is 248 g/mol. The molecule has 1 aromatic heterocycles. The molecule has 0 radical (unpaired) electrons. The molecule has 6 heteroatoms. The molecule has 0 aromatic carbocycles. The summed E-state index contributed by atoms with van der Waals surface area (Å²) in [5, 5.41) is 11.4. The van der Waals surface area contributed by atoms with Crippen LogP contribution in [0.3, 0.4) is 0 Å². The standard InChI is InChI=1S/C7H10BrN3O2/c1-13-6-5(8)4-10-7(11-6)9-2-3-12/h4,12H,2-3H2,1H3,(H,9,10,11). The lowest BCUT2D eigenvalue weighted by Gasteiger charge is -2.05. The van der Waals surface area contributed by atoms with Crippen LogP contribution in [0.4, 0.5) is 5.95 Å². The number of rotatable bonds is 4. The van der Waals surface area contributed by atoms with Crippen molar-refractivity contribution in [1.29, 1.82) is 0 Å². The zero-order valence-corrected chi connectivity index (χ0v) is 8.71. The fourth-order valence-corrected chi connectivity index (χ4v) is 1.10. The van der Waals surface area contributed by atoms with Gasteiger partial charge in [0.2, 0.25) is 11.8 Å². The van der Waals surface area contributed by atoms with Gasteiger partial charge >= 0.3 is 0 Å². The maximum absolute atomic E-state index is 8.55. The van der Waals surface area contributed by atoms with Gasteiger partial charge in [-0.15, -0.1) is 0 Å². The first-order chi connectivity index (χ1) is 6.27. The van der Waals surface area contributed by atoms with E-state index in [0.29, 0.717) is 22.8 Å². The van der Waals surface area contributed by atoms with Crippen molar-refractivity contribution >= 4 is 21.9 Å². The molecule has 1 aromatic rings. The molecule has 0 spiro atoms. The predicted octanol–water partition coefficient (Wildman–Crippen LogP) is 0.652. The molecule has 0 atom stereocenters. The summed E-state index contributed by atoms with van der Waals surface area (Å²) < 4.78 is 5.66. The summed E-state index contributed by atoms with van der Waals surface area (Å²) in [6, 6.07) is 0. The third kappa shape index (κ3) is 2.82. The van der Waals surface area contributed by atoms with Crippen molar-refractivity contribution < 1.29 is 9.84 Å². The Bertz CT molecular complexity index is 282. The van der Waals surface area contributed by atoms with Gasteiger partial charge in [-0.05, 0) is 15.9 Å². The summed E-state index contributed by atoms with van der Waals surface area (Å²) in [7, 11) is 1.53. The van der Waals surface area contributed by atoms with Crippen LogP contribution in [-0.2, 0) is 0 Å². The minimum Gasteiger partial charge on any atom is -0.480 e. The van der Waals surface area contributed by atoms with E-state index in [-0.39, 0.29) is 6.61 Å². The summed E-state index contributed by atoms with van der Waals surface area (Å²) in [6.07, 6.45) is 1.59. The molecule has 1 rings (SSSR count). The lowest BCUT2D eigenvalue weighted by Crippen LogP contribution is -2.08. The second-order valence-electron chi connectivity index (χ2n) is 2.20. The second-order valence-corrected chi connectivity index (χ2v) is 3.06. The Balaban J connectivity index is 2.74. The number of methoxy groups -OCH3 is 1. The van der Waals surface area contributed by atoms with Crippen molar-refractivity contribution in [2.75, 3.05) is 25.6 Å². The molecule has 0 amide bonds. The minimum absolute atomic E-state index is 0.0434. The number of hydrogen-bond donors (Lipinski definition) is 2. The van der Waals surface area contributed by atoms with Gasteiger partial charge in [-0.1, -0.05) is 0 Å². The Morgan fingerprint density at radius 3 is 3.08 bits per heavy atom. The minimum atomic E-state index is 0.0434. The summed E-state index contributed by atoms with van der Waals surface area (Å²) in [5.74, 6) is 0.907. The van der Waals surface area contributed by atoms with Gasteiger partial charge in [-0.3, -0.25) is 0 Å². The van der Waals surface area contributed by atoms with E-state index in [4.69, 9.17) is 9.84 Å². The van der Waals surface area contributed by atoms with Gasteiger partial charge in [0.15, 0.2) is 0 Å². The van der Waals surface area contributed by atoms with Crippen molar-refractivity contribution in [1.82, 2.24) is 9.97 Å². The first kappa shape index (κ1) is 10.2. The molecule has 0 bridgehead atoms. The van der Waals surface area contributed by atoms with Crippen LogP contribution in [0.5, 0.6) is 5.88 Å². The zero-order valence-electron chi connectivity index (χ0n) is 7.12. The molecule has 5 nitrogen and oxygen atoms in total. The van der Waals surface area contributed by atoms with Gasteiger partial charge in [0.05, 0.1) is 24.4 Å². The summed E-state index contributed by atoms with van der Waals surface area (Å²) in [5.41, 5.74) is 0. The van der Waals surface area contributed by atoms with Crippen molar-refractivity contribution in [2.24, 2.45) is 0 Å². The van der Waals surface area contributed by atoms with Crippen LogP contribution < -0.4 is 10.1 Å². The third-order valence-electron chi connectivity index (χ3n) is 1.30. The Hall–Kier alpha value is -0.880. The molecule has 0 saturated carbocycles. The number of halogens is 1. The van der Waals surface area contributed by atoms with Crippen molar-refractivity contribution in [3.05, 3.63) is 10.7 Å². The highest BCUT2D eigenvalue weighted by atomic mass is 79.9. The molecule has 0 saturated heterocycles. The molecule has 0 aliphatic rings. The van der Waals surface area contributed by atoms with Crippen molar-refractivity contribution in [3.63, 3.8) is 0 Å². The van der Waals surface area contributed by atoms with E-state index in [9.17, 15) is 0 Å². The molecular weight excluding hydrogens is 238 g/mol. The van der Waals surface area contributed by atoms with E-state index in [2.05, 4.69) is 31.2 Å². The first-order valence-corrected chi connectivity index (χ1v) is 4.48. The number of nitrogens with zero attached hydrogens (tertiary/aromatic N) is 2. The number of aromatic nitrogens is 2. The quantitative estimate of drug-likeness (QED) is 0.818. The average Bonchev–Trinajstić information content (AvgIpc) is 2.16. The number of anilines is 1. The van der Waals surface area contributed by atoms with Crippen LogP contribution in [-0.4, -0.2) is 35.3 Å². The van der Waals surface area contributed by atoms with E-state index < -0.39 is 0 Å². The van der Waals surface area contributed by atoms with Crippen LogP contribution in [0.15, 0.2) is 10.7 Å². The Kier molecular flexibility index (Phi) is 3.91. The molecule has 0 fully saturated rings. The molecule has 13 heavy (non-hydrogen) atoms. The molecule has 72 valence electrons. The van der Waals surface area contributed by atoms with E-state index in [1.807, 2.05) is 0 Å². The molecular formula is C7H10BrN3O2. The third-order valence-corrected chi connectivity index (χ3v) is 1.84. The highest BCUT2D eigenvalue weighted by Gasteiger charge is 2.03. The van der Waals surface area contributed by atoms with Crippen LogP contribution in [0.25, 0.3) is 0 Å². The lowest BCUT2D eigenvalue weighted by molar-refractivity contribution is 0.310. The lowest BCUT2D eigenvalue weighted by atomic mass is 10.6. The van der Waals surface area contributed by atoms with Crippen molar-refractivity contribution in [3.8, 4) is 5.88 Å². The topological polar surface area (TPSA) is 67.3 Å². The van der Waals surface area contributed by atoms with E-state index >= 15 is 0 Å². The van der Waals surface area contributed by atoms with Gasteiger partial charge < -0.3 is 15.2 Å². The normalized spacial score (nSPS) is 9.77. The number of nitrogens with one attached hydrogen (secondary N) is 1. The highest BCUT2D eigenvalue weighted by molar-refractivity contribution is 9.10. The SMILES string of the molecule is COc1nc(NCCO)ncc1Br. The van der Waals surface area contributed by atoms with Gasteiger partial charge in [-0.25, -0.2) is 4.98 Å². The van der Waals surface area contributed by atoms with Crippen LogP contribution in [0.1, 0.15) is 0 Å². The highest BCUT2D eigenvalue weighted by Crippen LogP contribution is 2.21. The van der Waals surface area contributed by atoms with Gasteiger partial charge in [0.1, 0.15) is 0 Å². The molecule has 0 aliphatic heterocycles. The van der Waals surface area contributed by atoms with Gasteiger partial charge in [0, 0.05) is 6.54 Å².